The lowest BCUT2D eigenvalue weighted by atomic mass is 9.77. The van der Waals surface area contributed by atoms with Crippen molar-refractivity contribution in [1.29, 1.82) is 0 Å². The number of hydrogen-bond acceptors (Lipinski definition) is 6. The molecule has 4 aliphatic rings. The molecule has 10 heteroatoms. The van der Waals surface area contributed by atoms with Crippen LogP contribution < -0.4 is 5.32 Å². The fourth-order valence-electron chi connectivity index (χ4n) is 5.95. The summed E-state index contributed by atoms with van der Waals surface area (Å²) < 4.78 is 42.8. The lowest BCUT2D eigenvalue weighted by molar-refractivity contribution is -0.134. The van der Waals surface area contributed by atoms with Crippen LogP contribution in [0.3, 0.4) is 0 Å². The predicted molar refractivity (Wildman–Crippen MR) is 117 cm³/mol. The summed E-state index contributed by atoms with van der Waals surface area (Å²) in [6, 6.07) is 7.27. The maximum atomic E-state index is 13.8. The van der Waals surface area contributed by atoms with Crippen molar-refractivity contribution in [2.24, 2.45) is 22.2 Å². The highest BCUT2D eigenvalue weighted by atomic mass is 32.2. The van der Waals surface area contributed by atoms with Crippen molar-refractivity contribution >= 4 is 27.5 Å². The molecule has 1 amide bonds. The molecule has 33 heavy (non-hydrogen) atoms. The number of nitrogens with zero attached hydrogens (tertiary/aromatic N) is 3. The molecule has 0 radical (unpaired) electrons. The molecule has 0 saturated heterocycles. The molecule has 6 rings (SSSR count). The van der Waals surface area contributed by atoms with Crippen LogP contribution in [0.25, 0.3) is 0 Å². The van der Waals surface area contributed by atoms with Gasteiger partial charge in [0.05, 0.1) is 5.69 Å². The zero-order chi connectivity index (χ0) is 22.9. The van der Waals surface area contributed by atoms with Crippen LogP contribution in [0.5, 0.6) is 0 Å². The van der Waals surface area contributed by atoms with Crippen molar-refractivity contribution < 1.29 is 22.7 Å². The van der Waals surface area contributed by atoms with Gasteiger partial charge in [0.1, 0.15) is 22.0 Å². The average Bonchev–Trinajstić information content (AvgIpc) is 3.40. The third-order valence-corrected chi connectivity index (χ3v) is 8.61. The Balaban J connectivity index is 1.45. The number of anilines is 1. The Morgan fingerprint density at radius 2 is 1.91 bits per heavy atom. The number of carbonyl (C=O) groups excluding carboxylic acids is 1. The fourth-order valence-corrected chi connectivity index (χ4v) is 7.02. The summed E-state index contributed by atoms with van der Waals surface area (Å²) in [5.41, 5.74) is 0.898. The number of rotatable bonds is 3. The van der Waals surface area contributed by atoms with Crippen LogP contribution in [-0.2, 0) is 21.4 Å². The molecule has 2 aliphatic carbocycles. The molecule has 2 N–H and O–H groups in total. The number of sulfonamides is 1. The van der Waals surface area contributed by atoms with E-state index in [0.717, 1.165) is 24.8 Å². The number of aromatic nitrogens is 1. The van der Waals surface area contributed by atoms with Crippen LogP contribution in [-0.4, -0.2) is 41.2 Å². The maximum absolute atomic E-state index is 13.8. The van der Waals surface area contributed by atoms with E-state index in [0.29, 0.717) is 0 Å². The number of amidine groups is 1. The van der Waals surface area contributed by atoms with E-state index in [-0.39, 0.29) is 63.9 Å². The smallest absolute Gasteiger partial charge is 0.287 e. The van der Waals surface area contributed by atoms with Gasteiger partial charge in [-0.15, -0.1) is 4.40 Å². The molecular weight excluding hydrogens is 447 g/mol. The van der Waals surface area contributed by atoms with Crippen LogP contribution in [0.4, 0.5) is 10.1 Å². The SMILES string of the molecule is O=C1C(C2=NS(=O)(=O)c3cnccc3N2)=C(O)[C@@H]2[C@@H]3CC[C@@H](C3)[C@@H]2N1Cc1ccc(F)cc1. The number of fused-ring (bicyclic) bond motifs is 6. The summed E-state index contributed by atoms with van der Waals surface area (Å²) in [4.78, 5) is 19.2. The van der Waals surface area contributed by atoms with Gasteiger partial charge >= 0.3 is 0 Å². The van der Waals surface area contributed by atoms with Gasteiger partial charge in [0.25, 0.3) is 15.9 Å². The molecule has 2 aliphatic heterocycles. The average molecular weight is 469 g/mol. The summed E-state index contributed by atoms with van der Waals surface area (Å²) in [5.74, 6) is -0.902. The minimum atomic E-state index is -4.10. The summed E-state index contributed by atoms with van der Waals surface area (Å²) in [7, 11) is -4.10. The molecule has 3 heterocycles. The first-order valence-electron chi connectivity index (χ1n) is 10.9. The number of amides is 1. The first-order valence-corrected chi connectivity index (χ1v) is 12.3. The molecular formula is C23H21FN4O4S. The number of aliphatic hydroxyl groups excluding tert-OH is 1. The Bertz CT molecular complexity index is 1340. The van der Waals surface area contributed by atoms with Gasteiger partial charge in [0.2, 0.25) is 0 Å². The fraction of sp³-hybridized carbons (Fsp3) is 0.348. The molecule has 2 saturated carbocycles. The zero-order valence-corrected chi connectivity index (χ0v) is 18.3. The number of hydrogen-bond donors (Lipinski definition) is 2. The highest BCUT2D eigenvalue weighted by molar-refractivity contribution is 7.90. The molecule has 2 aromatic rings. The van der Waals surface area contributed by atoms with Gasteiger partial charge in [-0.05, 0) is 54.9 Å². The quantitative estimate of drug-likeness (QED) is 0.716. The van der Waals surface area contributed by atoms with Gasteiger partial charge in [-0.2, -0.15) is 8.42 Å². The van der Waals surface area contributed by atoms with Gasteiger partial charge < -0.3 is 15.3 Å². The van der Waals surface area contributed by atoms with Crippen molar-refractivity contribution in [3.05, 3.63) is 65.4 Å². The highest BCUT2D eigenvalue weighted by Crippen LogP contribution is 2.55. The van der Waals surface area contributed by atoms with Crippen LogP contribution >= 0.6 is 0 Å². The number of nitrogens with one attached hydrogen (secondary N) is 1. The normalized spacial score (nSPS) is 29.4. The van der Waals surface area contributed by atoms with Crippen LogP contribution in [0.2, 0.25) is 0 Å². The van der Waals surface area contributed by atoms with Crippen molar-refractivity contribution in [2.45, 2.75) is 36.7 Å². The lowest BCUT2D eigenvalue weighted by Gasteiger charge is -2.44. The number of aliphatic hydroxyl groups is 1. The Hall–Kier alpha value is -3.27. The third-order valence-electron chi connectivity index (χ3n) is 7.31. The van der Waals surface area contributed by atoms with Crippen molar-refractivity contribution in [3.63, 3.8) is 0 Å². The Morgan fingerprint density at radius 1 is 1.15 bits per heavy atom. The maximum Gasteiger partial charge on any atom is 0.287 e. The third kappa shape index (κ3) is 3.07. The largest absolute Gasteiger partial charge is 0.511 e. The van der Waals surface area contributed by atoms with E-state index < -0.39 is 15.9 Å². The lowest BCUT2D eigenvalue weighted by Crippen LogP contribution is -2.53. The van der Waals surface area contributed by atoms with Gasteiger partial charge in [-0.1, -0.05) is 12.1 Å². The van der Waals surface area contributed by atoms with E-state index in [9.17, 15) is 22.7 Å². The van der Waals surface area contributed by atoms with E-state index in [1.807, 2.05) is 0 Å². The van der Waals surface area contributed by atoms with E-state index in [2.05, 4.69) is 14.7 Å². The Morgan fingerprint density at radius 3 is 2.70 bits per heavy atom. The minimum Gasteiger partial charge on any atom is -0.511 e. The number of pyridine rings is 1. The molecule has 170 valence electrons. The van der Waals surface area contributed by atoms with Gasteiger partial charge in [0.15, 0.2) is 5.84 Å². The number of carbonyl (C=O) groups is 1. The van der Waals surface area contributed by atoms with Gasteiger partial charge in [0, 0.05) is 30.9 Å². The topological polar surface area (TPSA) is 112 Å². The molecule has 1 aromatic carbocycles. The van der Waals surface area contributed by atoms with Crippen LogP contribution in [0.15, 0.2) is 63.4 Å². The molecule has 2 fully saturated rings. The van der Waals surface area contributed by atoms with Gasteiger partial charge in [-0.25, -0.2) is 4.39 Å². The highest BCUT2D eigenvalue weighted by Gasteiger charge is 2.57. The monoisotopic (exact) mass is 468 g/mol. The summed E-state index contributed by atoms with van der Waals surface area (Å²) in [6.07, 6.45) is 5.48. The van der Waals surface area contributed by atoms with Gasteiger partial charge in [-0.3, -0.25) is 9.78 Å². The van der Waals surface area contributed by atoms with Crippen molar-refractivity contribution in [3.8, 4) is 0 Å². The van der Waals surface area contributed by atoms with E-state index >= 15 is 0 Å². The first-order chi connectivity index (χ1) is 15.8. The Labute approximate surface area is 189 Å². The molecule has 0 spiro atoms. The molecule has 2 bridgehead atoms. The van der Waals surface area contributed by atoms with E-state index in [4.69, 9.17) is 0 Å². The van der Waals surface area contributed by atoms with Crippen molar-refractivity contribution in [1.82, 2.24) is 9.88 Å². The predicted octanol–water partition coefficient (Wildman–Crippen LogP) is 3.00. The minimum absolute atomic E-state index is 0.0851. The molecule has 4 atom stereocenters. The van der Waals surface area contributed by atoms with E-state index in [1.165, 1.54) is 30.6 Å². The number of halogens is 1. The molecule has 0 unspecified atom stereocenters. The Kier molecular flexibility index (Phi) is 4.39. The zero-order valence-electron chi connectivity index (χ0n) is 17.5. The van der Waals surface area contributed by atoms with Crippen LogP contribution in [0, 0.1) is 23.6 Å². The summed E-state index contributed by atoms with van der Waals surface area (Å²) in [5, 5.41) is 14.2. The van der Waals surface area contributed by atoms with E-state index in [1.54, 1.807) is 17.0 Å². The summed E-state index contributed by atoms with van der Waals surface area (Å²) >= 11 is 0. The second kappa shape index (κ2) is 7.11. The summed E-state index contributed by atoms with van der Waals surface area (Å²) in [6.45, 7) is 0.237. The van der Waals surface area contributed by atoms with Crippen molar-refractivity contribution in [2.75, 3.05) is 5.32 Å². The number of benzene rings is 1. The second-order valence-corrected chi connectivity index (χ2v) is 10.7. The molecule has 1 aromatic heterocycles. The molecule has 8 nitrogen and oxygen atoms in total. The standard InChI is InChI=1S/C23H21FN4O4S/c24-15-5-1-12(2-6-15)11-28-20-14-4-3-13(9-14)18(20)21(29)19(23(28)30)22-26-16-7-8-25-10-17(16)33(31,32)27-22/h1-2,5-8,10,13-14,18,20,29H,3-4,9,11H2,(H,26,27)/t13-,14+,18-,20+/m1/s1. The van der Waals surface area contributed by atoms with Crippen LogP contribution in [0.1, 0.15) is 24.8 Å². The first kappa shape index (κ1) is 20.3. The second-order valence-electron chi connectivity index (χ2n) is 9.08.